The highest BCUT2D eigenvalue weighted by atomic mass is 35.5. The molecular formula is C19H24ClF3N6O. The molecule has 2 bridgehead atoms. The number of nitrogens with zero attached hydrogens (tertiary/aromatic N) is 4. The van der Waals surface area contributed by atoms with E-state index in [4.69, 9.17) is 16.3 Å². The molecule has 2 aliphatic rings. The zero-order valence-corrected chi connectivity index (χ0v) is 17.5. The summed E-state index contributed by atoms with van der Waals surface area (Å²) in [5, 5.41) is 11.4. The molecule has 0 amide bonds. The van der Waals surface area contributed by atoms with Crippen LogP contribution >= 0.6 is 11.6 Å². The summed E-state index contributed by atoms with van der Waals surface area (Å²) in [4.78, 5) is 8.67. The van der Waals surface area contributed by atoms with Crippen molar-refractivity contribution < 1.29 is 17.9 Å². The number of hydrogen-bond donors (Lipinski definition) is 2. The van der Waals surface area contributed by atoms with Crippen molar-refractivity contribution in [2.45, 2.75) is 64.2 Å². The molecule has 11 heteroatoms. The lowest BCUT2D eigenvalue weighted by Gasteiger charge is -2.30. The van der Waals surface area contributed by atoms with Gasteiger partial charge in [0, 0.05) is 12.5 Å². The first kappa shape index (κ1) is 21.0. The molecule has 0 radical (unpaired) electrons. The Kier molecular flexibility index (Phi) is 5.69. The van der Waals surface area contributed by atoms with Crippen molar-refractivity contribution in [3.8, 4) is 5.88 Å². The van der Waals surface area contributed by atoms with Crippen molar-refractivity contribution >= 4 is 29.1 Å². The summed E-state index contributed by atoms with van der Waals surface area (Å²) in [6, 6.07) is -0.0377. The lowest BCUT2D eigenvalue weighted by Crippen LogP contribution is -2.29. The van der Waals surface area contributed by atoms with E-state index in [1.165, 1.54) is 6.20 Å². The van der Waals surface area contributed by atoms with E-state index in [9.17, 15) is 13.2 Å². The van der Waals surface area contributed by atoms with E-state index in [1.807, 2.05) is 13.8 Å². The highest BCUT2D eigenvalue weighted by molar-refractivity contribution is 6.32. The first-order valence-corrected chi connectivity index (χ1v) is 10.4. The van der Waals surface area contributed by atoms with Crippen LogP contribution in [0.15, 0.2) is 6.20 Å². The summed E-state index contributed by atoms with van der Waals surface area (Å²) >= 11 is 6.19. The zero-order chi connectivity index (χ0) is 21.5. The molecule has 2 aromatic rings. The van der Waals surface area contributed by atoms with Crippen LogP contribution in [0.25, 0.3) is 0 Å². The normalized spacial score (nSPS) is 24.7. The van der Waals surface area contributed by atoms with Crippen LogP contribution in [0.1, 0.15) is 50.8 Å². The number of anilines is 3. The number of ether oxygens (including phenoxy) is 1. The van der Waals surface area contributed by atoms with Gasteiger partial charge >= 0.3 is 6.18 Å². The molecule has 1 atom stereocenters. The van der Waals surface area contributed by atoms with Gasteiger partial charge in [0.15, 0.2) is 5.82 Å². The smallest absolute Gasteiger partial charge is 0.391 e. The van der Waals surface area contributed by atoms with Gasteiger partial charge in [0.1, 0.15) is 10.7 Å². The Hall–Kier alpha value is -2.23. The standard InChI is InChI=1S/C19H24ClF3N6O/c1-10-7-8-30-17-15(26-18-24-9-14(20)16(25-10)27-18)11(2)29(28-17)13-5-3-12(4-6-13)19(21,22)23/h9-10,12-13H,3-8H2,1-2H3,(H2,24,25,26,27). The van der Waals surface area contributed by atoms with Gasteiger partial charge in [-0.05, 0) is 39.5 Å². The Morgan fingerprint density at radius 1 is 1.20 bits per heavy atom. The highest BCUT2D eigenvalue weighted by Gasteiger charge is 2.42. The van der Waals surface area contributed by atoms with E-state index in [2.05, 4.69) is 25.7 Å². The molecule has 164 valence electrons. The average Bonchev–Trinajstić information content (AvgIpc) is 2.98. The maximum Gasteiger partial charge on any atom is 0.391 e. The maximum atomic E-state index is 13.0. The molecule has 2 N–H and O–H groups in total. The Bertz CT molecular complexity index is 910. The molecule has 1 unspecified atom stereocenters. The Labute approximate surface area is 177 Å². The second kappa shape index (κ2) is 8.13. The lowest BCUT2D eigenvalue weighted by molar-refractivity contribution is -0.183. The quantitative estimate of drug-likeness (QED) is 0.625. The van der Waals surface area contributed by atoms with E-state index in [0.29, 0.717) is 54.2 Å². The molecule has 1 saturated carbocycles. The summed E-state index contributed by atoms with van der Waals surface area (Å²) in [7, 11) is 0. The number of fused-ring (bicyclic) bond motifs is 3. The van der Waals surface area contributed by atoms with Crippen LogP contribution in [-0.4, -0.2) is 38.6 Å². The molecule has 30 heavy (non-hydrogen) atoms. The highest BCUT2D eigenvalue weighted by Crippen LogP contribution is 2.43. The van der Waals surface area contributed by atoms with Crippen molar-refractivity contribution in [1.82, 2.24) is 19.7 Å². The van der Waals surface area contributed by atoms with Crippen LogP contribution in [0.2, 0.25) is 5.02 Å². The van der Waals surface area contributed by atoms with Gasteiger partial charge in [-0.15, -0.1) is 5.10 Å². The van der Waals surface area contributed by atoms with Crippen LogP contribution in [0.3, 0.4) is 0 Å². The van der Waals surface area contributed by atoms with Crippen molar-refractivity contribution in [3.05, 3.63) is 16.9 Å². The molecule has 0 spiro atoms. The van der Waals surface area contributed by atoms with Crippen LogP contribution in [0.4, 0.5) is 30.6 Å². The fourth-order valence-corrected chi connectivity index (χ4v) is 4.16. The average molecular weight is 445 g/mol. The van der Waals surface area contributed by atoms with E-state index >= 15 is 0 Å². The van der Waals surface area contributed by atoms with Gasteiger partial charge < -0.3 is 15.4 Å². The number of rotatable bonds is 1. The molecule has 7 nitrogen and oxygen atoms in total. The number of hydrogen-bond acceptors (Lipinski definition) is 6. The van der Waals surface area contributed by atoms with Crippen LogP contribution in [0.5, 0.6) is 5.88 Å². The van der Waals surface area contributed by atoms with Gasteiger partial charge in [-0.2, -0.15) is 18.2 Å². The molecule has 3 heterocycles. The van der Waals surface area contributed by atoms with E-state index in [0.717, 1.165) is 5.69 Å². The molecule has 1 aliphatic heterocycles. The van der Waals surface area contributed by atoms with Crippen molar-refractivity contribution in [3.63, 3.8) is 0 Å². The molecular weight excluding hydrogens is 421 g/mol. The van der Waals surface area contributed by atoms with Crippen LogP contribution < -0.4 is 15.4 Å². The van der Waals surface area contributed by atoms with Crippen molar-refractivity contribution in [2.24, 2.45) is 5.92 Å². The third kappa shape index (κ3) is 4.28. The first-order chi connectivity index (χ1) is 14.2. The number of alkyl halides is 3. The molecule has 2 aromatic heterocycles. The summed E-state index contributed by atoms with van der Waals surface area (Å²) in [5.41, 5.74) is 1.40. The molecule has 4 rings (SSSR count). The van der Waals surface area contributed by atoms with Gasteiger partial charge in [-0.1, -0.05) is 11.6 Å². The minimum Gasteiger partial charge on any atom is -0.475 e. The fraction of sp³-hybridized carbons (Fsp3) is 0.632. The van der Waals surface area contributed by atoms with Crippen LogP contribution in [0, 0.1) is 12.8 Å². The zero-order valence-electron chi connectivity index (χ0n) is 16.8. The Morgan fingerprint density at radius 3 is 2.63 bits per heavy atom. The van der Waals surface area contributed by atoms with Gasteiger partial charge in [0.2, 0.25) is 5.95 Å². The predicted molar refractivity (Wildman–Crippen MR) is 108 cm³/mol. The molecule has 1 aliphatic carbocycles. The number of aromatic nitrogens is 4. The third-order valence-electron chi connectivity index (χ3n) is 5.78. The molecule has 1 fully saturated rings. The summed E-state index contributed by atoms with van der Waals surface area (Å²) in [6.07, 6.45) is -0.853. The second-order valence-electron chi connectivity index (χ2n) is 7.95. The summed E-state index contributed by atoms with van der Waals surface area (Å²) in [6.45, 7) is 4.28. The van der Waals surface area contributed by atoms with Crippen molar-refractivity contribution in [2.75, 3.05) is 17.2 Å². The van der Waals surface area contributed by atoms with Crippen LogP contribution in [-0.2, 0) is 0 Å². The number of nitrogens with one attached hydrogen (secondary N) is 2. The SMILES string of the molecule is Cc1c2c(nn1C1CCC(C(F)(F)F)CC1)OCCC(C)Nc1nc(ncc1Cl)N2. The summed E-state index contributed by atoms with van der Waals surface area (Å²) in [5.74, 6) is 0.0372. The monoisotopic (exact) mass is 444 g/mol. The van der Waals surface area contributed by atoms with E-state index in [1.54, 1.807) is 4.68 Å². The molecule has 0 saturated heterocycles. The summed E-state index contributed by atoms with van der Waals surface area (Å²) < 4.78 is 46.8. The topological polar surface area (TPSA) is 76.9 Å². The Morgan fingerprint density at radius 2 is 1.93 bits per heavy atom. The fourth-order valence-electron chi connectivity index (χ4n) is 4.02. The van der Waals surface area contributed by atoms with Gasteiger partial charge in [0.05, 0.1) is 30.5 Å². The third-order valence-corrected chi connectivity index (χ3v) is 6.05. The largest absolute Gasteiger partial charge is 0.475 e. The van der Waals surface area contributed by atoms with E-state index < -0.39 is 12.1 Å². The number of halogens is 4. The van der Waals surface area contributed by atoms with Gasteiger partial charge in [-0.25, -0.2) is 4.98 Å². The predicted octanol–water partition coefficient (Wildman–Crippen LogP) is 5.26. The van der Waals surface area contributed by atoms with Gasteiger partial charge in [-0.3, -0.25) is 4.68 Å². The maximum absolute atomic E-state index is 13.0. The lowest BCUT2D eigenvalue weighted by atomic mass is 9.85. The Balaban J connectivity index is 1.62. The van der Waals surface area contributed by atoms with Gasteiger partial charge in [0.25, 0.3) is 5.88 Å². The minimum atomic E-state index is -4.13. The first-order valence-electron chi connectivity index (χ1n) is 10.1. The second-order valence-corrected chi connectivity index (χ2v) is 8.36. The minimum absolute atomic E-state index is 0.0626. The van der Waals surface area contributed by atoms with E-state index in [-0.39, 0.29) is 24.9 Å². The molecule has 0 aromatic carbocycles. The van der Waals surface area contributed by atoms with Crippen molar-refractivity contribution in [1.29, 1.82) is 0 Å².